The second kappa shape index (κ2) is 15.6. The smallest absolute Gasteiger partial charge is 0.164 e. The molecule has 3 heterocycles. The Morgan fingerprint density at radius 2 is 1.10 bits per heavy atom. The molecular weight excluding hydrogens is 755 g/mol. The molecule has 0 fully saturated rings. The van der Waals surface area contributed by atoms with Gasteiger partial charge < -0.3 is 0 Å². The first kappa shape index (κ1) is 37.1. The van der Waals surface area contributed by atoms with E-state index in [9.17, 15) is 0 Å². The highest BCUT2D eigenvalue weighted by atomic mass is 15.0. The van der Waals surface area contributed by atoms with Gasteiger partial charge in [-0.3, -0.25) is 9.97 Å². The van der Waals surface area contributed by atoms with Gasteiger partial charge in [-0.1, -0.05) is 169 Å². The van der Waals surface area contributed by atoms with Crippen LogP contribution < -0.4 is 10.4 Å². The number of benzene rings is 6. The molecule has 2 aliphatic carbocycles. The van der Waals surface area contributed by atoms with Crippen LogP contribution >= 0.6 is 0 Å². The van der Waals surface area contributed by atoms with Crippen LogP contribution in [0.25, 0.3) is 90.2 Å². The van der Waals surface area contributed by atoms with Gasteiger partial charge in [-0.15, -0.1) is 0 Å². The summed E-state index contributed by atoms with van der Waals surface area (Å²) in [5.74, 6) is 2.27. The Kier molecular flexibility index (Phi) is 9.35. The SMILES string of the molecule is Cc1ccc(-c2nc(-c3ccc(C)cc3)nc(-c3cc(-c4ccc(-c5nccc6ccccc56)cc4)cc(-c4ccc(C5C=c6ccccc6=C6C=CC=CC65)cn4)c3)n2)cc1. The van der Waals surface area contributed by atoms with E-state index in [0.717, 1.165) is 55.7 Å². The lowest BCUT2D eigenvalue weighted by atomic mass is 9.75. The molecule has 11 rings (SSSR count). The van der Waals surface area contributed by atoms with Gasteiger partial charge in [-0.25, -0.2) is 15.0 Å². The summed E-state index contributed by atoms with van der Waals surface area (Å²) in [6, 6.07) is 55.5. The summed E-state index contributed by atoms with van der Waals surface area (Å²) in [6.07, 6.45) is 15.2. The summed E-state index contributed by atoms with van der Waals surface area (Å²) < 4.78 is 0. The summed E-state index contributed by atoms with van der Waals surface area (Å²) in [7, 11) is 0. The molecule has 2 aliphatic rings. The molecule has 6 aromatic carbocycles. The lowest BCUT2D eigenvalue weighted by molar-refractivity contribution is 0.738. The van der Waals surface area contributed by atoms with E-state index < -0.39 is 0 Å². The van der Waals surface area contributed by atoms with Gasteiger partial charge in [0.1, 0.15) is 0 Å². The summed E-state index contributed by atoms with van der Waals surface area (Å²) in [5.41, 5.74) is 13.6. The number of hydrogen-bond acceptors (Lipinski definition) is 5. The first-order chi connectivity index (χ1) is 30.5. The van der Waals surface area contributed by atoms with Crippen LogP contribution in [0.4, 0.5) is 0 Å². The highest BCUT2D eigenvalue weighted by molar-refractivity contribution is 5.94. The van der Waals surface area contributed by atoms with Gasteiger partial charge >= 0.3 is 0 Å². The molecule has 5 nitrogen and oxygen atoms in total. The lowest BCUT2D eigenvalue weighted by Gasteiger charge is -2.28. The van der Waals surface area contributed by atoms with Crippen LogP contribution in [0, 0.1) is 19.8 Å². The number of fused-ring (bicyclic) bond motifs is 3. The predicted molar refractivity (Wildman–Crippen MR) is 253 cm³/mol. The van der Waals surface area contributed by atoms with Gasteiger partial charge in [0, 0.05) is 57.4 Å². The van der Waals surface area contributed by atoms with Gasteiger partial charge in [0.05, 0.1) is 11.4 Å². The van der Waals surface area contributed by atoms with Crippen molar-refractivity contribution >= 4 is 22.4 Å². The molecular formula is C57H41N5. The zero-order valence-electron chi connectivity index (χ0n) is 34.4. The number of aromatic nitrogens is 5. The Labute approximate surface area is 360 Å². The van der Waals surface area contributed by atoms with Gasteiger partial charge in [0.2, 0.25) is 0 Å². The third-order valence-corrected chi connectivity index (χ3v) is 12.2. The molecule has 2 atom stereocenters. The second-order valence-corrected chi connectivity index (χ2v) is 16.3. The largest absolute Gasteiger partial charge is 0.256 e. The van der Waals surface area contributed by atoms with E-state index in [-0.39, 0.29) is 11.8 Å². The monoisotopic (exact) mass is 795 g/mol. The van der Waals surface area contributed by atoms with Crippen LogP contribution in [-0.2, 0) is 0 Å². The molecule has 62 heavy (non-hydrogen) atoms. The topological polar surface area (TPSA) is 64.5 Å². The minimum atomic E-state index is 0.171. The van der Waals surface area contributed by atoms with Gasteiger partial charge in [0.15, 0.2) is 17.5 Å². The fourth-order valence-electron chi connectivity index (χ4n) is 8.83. The third-order valence-electron chi connectivity index (χ3n) is 12.2. The van der Waals surface area contributed by atoms with E-state index in [0.29, 0.717) is 17.5 Å². The van der Waals surface area contributed by atoms with Crippen molar-refractivity contribution in [3.8, 4) is 67.8 Å². The first-order valence-corrected chi connectivity index (χ1v) is 21.1. The van der Waals surface area contributed by atoms with Gasteiger partial charge in [-0.05, 0) is 82.3 Å². The highest BCUT2D eigenvalue weighted by Gasteiger charge is 2.26. The Morgan fingerprint density at radius 3 is 1.82 bits per heavy atom. The fraction of sp³-hybridized carbons (Fsp3) is 0.0702. The van der Waals surface area contributed by atoms with Crippen LogP contribution in [0.5, 0.6) is 0 Å². The number of nitrogens with zero attached hydrogens (tertiary/aromatic N) is 5. The third kappa shape index (κ3) is 7.03. The number of hydrogen-bond donors (Lipinski definition) is 0. The van der Waals surface area contributed by atoms with Crippen LogP contribution in [0.2, 0.25) is 0 Å². The Balaban J connectivity index is 1.04. The van der Waals surface area contributed by atoms with E-state index in [1.165, 1.54) is 38.1 Å². The maximum atomic E-state index is 5.18. The van der Waals surface area contributed by atoms with E-state index in [2.05, 4.69) is 208 Å². The molecule has 2 unspecified atom stereocenters. The average Bonchev–Trinajstić information content (AvgIpc) is 3.34. The minimum Gasteiger partial charge on any atom is -0.256 e. The maximum absolute atomic E-state index is 5.18. The maximum Gasteiger partial charge on any atom is 0.164 e. The number of rotatable bonds is 7. The summed E-state index contributed by atoms with van der Waals surface area (Å²) in [5, 5.41) is 4.87. The Bertz CT molecular complexity index is 3280. The number of pyridine rings is 2. The quantitative estimate of drug-likeness (QED) is 0.161. The minimum absolute atomic E-state index is 0.171. The molecule has 0 saturated carbocycles. The van der Waals surface area contributed by atoms with Crippen molar-refractivity contribution in [2.75, 3.05) is 0 Å². The molecule has 0 bridgehead atoms. The molecule has 0 N–H and O–H groups in total. The number of allylic oxidation sites excluding steroid dienone is 4. The highest BCUT2D eigenvalue weighted by Crippen LogP contribution is 2.38. The molecule has 0 radical (unpaired) electrons. The zero-order chi connectivity index (χ0) is 41.6. The van der Waals surface area contributed by atoms with Crippen molar-refractivity contribution in [3.63, 3.8) is 0 Å². The van der Waals surface area contributed by atoms with E-state index in [1.807, 2.05) is 6.20 Å². The van der Waals surface area contributed by atoms with Crippen molar-refractivity contribution in [1.82, 2.24) is 24.9 Å². The van der Waals surface area contributed by atoms with Crippen molar-refractivity contribution in [2.45, 2.75) is 19.8 Å². The van der Waals surface area contributed by atoms with Crippen LogP contribution in [-0.4, -0.2) is 24.9 Å². The van der Waals surface area contributed by atoms with Crippen molar-refractivity contribution in [3.05, 3.63) is 222 Å². The normalized spacial score (nSPS) is 15.2. The summed E-state index contributed by atoms with van der Waals surface area (Å²) in [4.78, 5) is 25.3. The van der Waals surface area contributed by atoms with E-state index in [1.54, 1.807) is 0 Å². The van der Waals surface area contributed by atoms with Gasteiger partial charge in [0.25, 0.3) is 0 Å². The molecule has 9 aromatic rings. The van der Waals surface area contributed by atoms with Crippen molar-refractivity contribution < 1.29 is 0 Å². The van der Waals surface area contributed by atoms with Crippen LogP contribution in [0.15, 0.2) is 194 Å². The molecule has 0 aliphatic heterocycles. The zero-order valence-corrected chi connectivity index (χ0v) is 34.4. The summed E-state index contributed by atoms with van der Waals surface area (Å²) >= 11 is 0. The van der Waals surface area contributed by atoms with E-state index >= 15 is 0 Å². The lowest BCUT2D eigenvalue weighted by Crippen LogP contribution is -2.35. The second-order valence-electron chi connectivity index (χ2n) is 16.3. The first-order valence-electron chi connectivity index (χ1n) is 21.1. The van der Waals surface area contributed by atoms with Crippen LogP contribution in [0.3, 0.4) is 0 Å². The van der Waals surface area contributed by atoms with Crippen molar-refractivity contribution in [1.29, 1.82) is 0 Å². The average molecular weight is 796 g/mol. The molecule has 294 valence electrons. The molecule has 0 spiro atoms. The fourth-order valence-corrected chi connectivity index (χ4v) is 8.83. The number of aryl methyl sites for hydroxylation is 2. The van der Waals surface area contributed by atoms with Crippen molar-refractivity contribution in [2.24, 2.45) is 5.92 Å². The van der Waals surface area contributed by atoms with Gasteiger partial charge in [-0.2, -0.15) is 0 Å². The predicted octanol–water partition coefficient (Wildman–Crippen LogP) is 11.9. The molecule has 0 amide bonds. The summed E-state index contributed by atoms with van der Waals surface area (Å²) in [6.45, 7) is 4.18. The molecule has 3 aromatic heterocycles. The van der Waals surface area contributed by atoms with Crippen LogP contribution in [0.1, 0.15) is 22.6 Å². The Hall–Kier alpha value is -7.89. The molecule has 5 heteroatoms. The standard InChI is InChI=1S/C57H41N5/c1-36-15-19-41(20-16-36)55-60-56(42-21-17-37(2)18-22-42)62-57(61-55)47-32-45(38-23-25-40(26-24-38)54-49-12-6-3-9-39(49)29-30-58-54)31-46(33-47)53-28-27-44(35-59-53)52-34-43-10-4-5-11-48(43)50-13-7-8-14-51(50)52/h3-35,51-52H,1-2H3. The Morgan fingerprint density at radius 1 is 0.468 bits per heavy atom. The molecule has 0 saturated heterocycles. The van der Waals surface area contributed by atoms with E-state index in [4.69, 9.17) is 24.9 Å².